The van der Waals surface area contributed by atoms with Crippen LogP contribution in [0.3, 0.4) is 0 Å². The van der Waals surface area contributed by atoms with E-state index in [2.05, 4.69) is 39.8 Å². The summed E-state index contributed by atoms with van der Waals surface area (Å²) in [5, 5.41) is 9.23. The maximum Gasteiger partial charge on any atom is 0.323 e. The summed E-state index contributed by atoms with van der Waals surface area (Å²) in [4.78, 5) is 42.5. The molecule has 2 atom stereocenters. The lowest BCUT2D eigenvalue weighted by Gasteiger charge is -2.37. The van der Waals surface area contributed by atoms with Crippen LogP contribution in [0.4, 0.5) is 22.0 Å². The molecule has 5 heterocycles. The number of nitrogens with zero attached hydrogens (tertiary/aromatic N) is 5. The fourth-order valence-corrected chi connectivity index (χ4v) is 7.12. The van der Waals surface area contributed by atoms with Gasteiger partial charge in [0, 0.05) is 53.7 Å². The molecule has 2 bridgehead atoms. The Morgan fingerprint density at radius 3 is 2.18 bits per heavy atom. The maximum atomic E-state index is 13.0. The van der Waals surface area contributed by atoms with E-state index in [9.17, 15) is 9.59 Å². The minimum Gasteiger partial charge on any atom is -0.377 e. The molecule has 0 spiro atoms. The molecule has 2 aromatic carbocycles. The Kier molecular flexibility index (Phi) is 8.39. The molecule has 236 valence electrons. The number of rotatable bonds is 6. The smallest absolute Gasteiger partial charge is 0.323 e. The lowest BCUT2D eigenvalue weighted by atomic mass is 10.0. The molecular weight excluding hydrogens is 568 g/mol. The molecule has 0 aliphatic carbocycles. The minimum absolute atomic E-state index is 0.0342. The van der Waals surface area contributed by atoms with Crippen LogP contribution in [0.2, 0.25) is 0 Å². The minimum atomic E-state index is -0.353. The van der Waals surface area contributed by atoms with Crippen LogP contribution >= 0.6 is 0 Å². The number of piperidine rings is 1. The third-order valence-electron chi connectivity index (χ3n) is 9.67. The molecule has 2 unspecified atom stereocenters. The van der Waals surface area contributed by atoms with Gasteiger partial charge < -0.3 is 35.4 Å². The first-order valence-electron chi connectivity index (χ1n) is 16.1. The molecule has 3 N–H and O–H groups in total. The van der Waals surface area contributed by atoms with E-state index in [1.54, 1.807) is 24.3 Å². The van der Waals surface area contributed by atoms with Crippen LogP contribution in [0.1, 0.15) is 47.3 Å². The number of hydrogen-bond donors (Lipinski definition) is 3. The highest BCUT2D eigenvalue weighted by atomic mass is 16.5. The van der Waals surface area contributed by atoms with E-state index in [0.717, 1.165) is 88.6 Å². The summed E-state index contributed by atoms with van der Waals surface area (Å²) in [5.74, 6) is 1.80. The number of anilines is 3. The Morgan fingerprint density at radius 2 is 1.53 bits per heavy atom. The molecule has 4 aliphatic heterocycles. The van der Waals surface area contributed by atoms with Crippen molar-refractivity contribution in [2.75, 3.05) is 62.5 Å². The van der Waals surface area contributed by atoms with Crippen molar-refractivity contribution < 1.29 is 14.3 Å². The number of aromatic nitrogens is 2. The quantitative estimate of drug-likeness (QED) is 0.384. The summed E-state index contributed by atoms with van der Waals surface area (Å²) in [7, 11) is 4.18. The molecule has 0 radical (unpaired) electrons. The van der Waals surface area contributed by atoms with Gasteiger partial charge in [-0.3, -0.25) is 4.79 Å². The van der Waals surface area contributed by atoms with Crippen molar-refractivity contribution in [1.29, 1.82) is 0 Å². The first-order chi connectivity index (χ1) is 21.9. The van der Waals surface area contributed by atoms with Crippen molar-refractivity contribution in [1.82, 2.24) is 25.1 Å². The van der Waals surface area contributed by atoms with E-state index in [-0.39, 0.29) is 11.9 Å². The monoisotopic (exact) mass is 610 g/mol. The van der Waals surface area contributed by atoms with Crippen molar-refractivity contribution in [3.8, 4) is 11.4 Å². The van der Waals surface area contributed by atoms with Gasteiger partial charge in [0.15, 0.2) is 5.82 Å². The fraction of sp³-hybridized carbons (Fsp3) is 0.471. The van der Waals surface area contributed by atoms with E-state index in [1.807, 2.05) is 29.2 Å². The molecule has 45 heavy (non-hydrogen) atoms. The Labute approximate surface area is 264 Å². The van der Waals surface area contributed by atoms with E-state index in [0.29, 0.717) is 40.9 Å². The summed E-state index contributed by atoms with van der Waals surface area (Å²) in [6.45, 7) is 4.70. The molecule has 1 aromatic heterocycles. The second-order valence-corrected chi connectivity index (χ2v) is 12.8. The van der Waals surface area contributed by atoms with Gasteiger partial charge in [0.05, 0.1) is 31.0 Å². The third-order valence-corrected chi connectivity index (χ3v) is 9.67. The van der Waals surface area contributed by atoms with Gasteiger partial charge in [-0.05, 0) is 101 Å². The van der Waals surface area contributed by atoms with Crippen LogP contribution in [-0.4, -0.2) is 96.8 Å². The second kappa shape index (κ2) is 12.7. The first kappa shape index (κ1) is 29.6. The average molecular weight is 611 g/mol. The molecule has 11 nitrogen and oxygen atoms in total. The number of ether oxygens (including phenoxy) is 1. The summed E-state index contributed by atoms with van der Waals surface area (Å²) in [5.41, 5.74) is 5.14. The number of benzene rings is 2. The van der Waals surface area contributed by atoms with E-state index in [4.69, 9.17) is 14.7 Å². The van der Waals surface area contributed by atoms with Gasteiger partial charge in [0.1, 0.15) is 5.82 Å². The molecule has 0 saturated carbocycles. The van der Waals surface area contributed by atoms with Crippen LogP contribution in [0.15, 0.2) is 48.5 Å². The molecule has 3 aromatic rings. The van der Waals surface area contributed by atoms with Gasteiger partial charge in [-0.25, -0.2) is 14.8 Å². The van der Waals surface area contributed by atoms with Gasteiger partial charge in [0.25, 0.3) is 5.91 Å². The lowest BCUT2D eigenvalue weighted by molar-refractivity contribution is 0.0663. The zero-order chi connectivity index (χ0) is 30.9. The first-order valence-corrected chi connectivity index (χ1v) is 16.1. The van der Waals surface area contributed by atoms with Crippen LogP contribution in [0.25, 0.3) is 11.4 Å². The number of nitrogens with one attached hydrogen (secondary N) is 3. The fourth-order valence-electron chi connectivity index (χ4n) is 7.12. The third kappa shape index (κ3) is 6.25. The normalized spacial score (nSPS) is 21.5. The molecule has 7 rings (SSSR count). The zero-order valence-electron chi connectivity index (χ0n) is 26.1. The molecule has 3 saturated heterocycles. The highest BCUT2D eigenvalue weighted by molar-refractivity contribution is 6.00. The van der Waals surface area contributed by atoms with Gasteiger partial charge in [-0.15, -0.1) is 0 Å². The summed E-state index contributed by atoms with van der Waals surface area (Å²) in [6, 6.07) is 15.6. The van der Waals surface area contributed by atoms with Crippen molar-refractivity contribution in [2.45, 2.75) is 56.8 Å². The molecular formula is C34H42N8O3. The zero-order valence-corrected chi connectivity index (χ0v) is 26.1. The van der Waals surface area contributed by atoms with E-state index in [1.165, 1.54) is 5.56 Å². The number of carbonyl (C=O) groups is 2. The van der Waals surface area contributed by atoms with Crippen LogP contribution in [0, 0.1) is 0 Å². The number of fused-ring (bicyclic) bond motifs is 3. The largest absolute Gasteiger partial charge is 0.377 e. The number of carbonyl (C=O) groups excluding carboxylic acids is 2. The van der Waals surface area contributed by atoms with Crippen molar-refractivity contribution in [3.05, 3.63) is 65.4 Å². The molecule has 3 fully saturated rings. The van der Waals surface area contributed by atoms with Gasteiger partial charge in [-0.2, -0.15) is 0 Å². The van der Waals surface area contributed by atoms with Crippen molar-refractivity contribution >= 4 is 29.1 Å². The van der Waals surface area contributed by atoms with Crippen molar-refractivity contribution in [2.24, 2.45) is 0 Å². The van der Waals surface area contributed by atoms with Crippen LogP contribution in [0.5, 0.6) is 0 Å². The number of hydrogen-bond acceptors (Lipinski definition) is 8. The van der Waals surface area contributed by atoms with Gasteiger partial charge in [-0.1, -0.05) is 0 Å². The predicted octanol–water partition coefficient (Wildman–Crippen LogP) is 3.97. The predicted molar refractivity (Wildman–Crippen MR) is 175 cm³/mol. The Bertz CT molecular complexity index is 1520. The summed E-state index contributed by atoms with van der Waals surface area (Å²) < 4.78 is 5.84. The number of urea groups is 1. The molecule has 11 heteroatoms. The Morgan fingerprint density at radius 1 is 0.889 bits per heavy atom. The topological polar surface area (TPSA) is 115 Å². The van der Waals surface area contributed by atoms with Crippen LogP contribution in [-0.2, 0) is 17.7 Å². The number of amides is 3. The maximum absolute atomic E-state index is 13.0. The van der Waals surface area contributed by atoms with E-state index < -0.39 is 0 Å². The summed E-state index contributed by atoms with van der Waals surface area (Å²) >= 11 is 0. The van der Waals surface area contributed by atoms with Gasteiger partial charge in [0.2, 0.25) is 0 Å². The average Bonchev–Trinajstić information content (AvgIpc) is 3.31. The number of morpholine rings is 1. The SMILES string of the molecule is CN(C)C1CCN(C(=O)c2ccc(NC(=O)Nc3ccc(-c4nc5c(c(N6C7CCC6COC7)n4)CCNC5)cc3)cc2)CC1. The molecule has 4 aliphatic rings. The molecule has 3 amide bonds. The second-order valence-electron chi connectivity index (χ2n) is 12.8. The van der Waals surface area contributed by atoms with Gasteiger partial charge >= 0.3 is 6.03 Å². The Hall–Kier alpha value is -4.06. The highest BCUT2D eigenvalue weighted by Crippen LogP contribution is 2.37. The van der Waals surface area contributed by atoms with Crippen molar-refractivity contribution in [3.63, 3.8) is 0 Å². The number of likely N-dealkylation sites (tertiary alicyclic amines) is 1. The standard InChI is InChI=1S/C34H42N8O3/c1-40(2)26-14-17-41(18-15-26)33(43)23-5-9-25(10-6-23)37-34(44)36-24-7-3-22(4-8-24)31-38-30-19-35-16-13-29(30)32(39-31)42-27-11-12-28(42)21-45-20-27/h3-10,26-28,35H,11-21H2,1-2H3,(H2,36,37,44). The lowest BCUT2D eigenvalue weighted by Crippen LogP contribution is -2.47. The summed E-state index contributed by atoms with van der Waals surface area (Å²) in [6.07, 6.45) is 5.16. The Balaban J connectivity index is 0.989. The highest BCUT2D eigenvalue weighted by Gasteiger charge is 2.40. The van der Waals surface area contributed by atoms with E-state index >= 15 is 0 Å². The van der Waals surface area contributed by atoms with Crippen LogP contribution < -0.4 is 20.9 Å².